The second-order valence-electron chi connectivity index (χ2n) is 8.45. The molecule has 0 unspecified atom stereocenters. The first-order chi connectivity index (χ1) is 16.2. The number of hydrogen-bond acceptors (Lipinski definition) is 5. The van der Waals surface area contributed by atoms with Crippen LogP contribution in [-0.2, 0) is 4.79 Å². The monoisotopic (exact) mass is 471 g/mol. The number of aromatic amines is 1. The molecule has 2 aliphatic heterocycles. The van der Waals surface area contributed by atoms with Crippen LogP contribution in [-0.4, -0.2) is 69.6 Å². The van der Waals surface area contributed by atoms with Crippen LogP contribution in [0.25, 0.3) is 17.1 Å². The molecule has 3 aromatic rings. The first-order valence-electron chi connectivity index (χ1n) is 10.7. The zero-order valence-corrected chi connectivity index (χ0v) is 17.8. The Kier molecular flexibility index (Phi) is 5.46. The van der Waals surface area contributed by atoms with Gasteiger partial charge in [-0.1, -0.05) is 12.1 Å². The molecule has 3 heterocycles. The molecule has 0 bridgehead atoms. The van der Waals surface area contributed by atoms with Gasteiger partial charge in [0.05, 0.1) is 0 Å². The highest BCUT2D eigenvalue weighted by Crippen LogP contribution is 2.32. The van der Waals surface area contributed by atoms with Crippen LogP contribution in [0.3, 0.4) is 0 Å². The Balaban J connectivity index is 1.15. The summed E-state index contributed by atoms with van der Waals surface area (Å²) in [5.74, 6) is -0.135. The molecule has 0 saturated carbocycles. The van der Waals surface area contributed by atoms with E-state index in [1.165, 1.54) is 30.3 Å². The summed E-state index contributed by atoms with van der Waals surface area (Å²) in [6, 6.07) is 10.5. The zero-order valence-electron chi connectivity index (χ0n) is 17.8. The van der Waals surface area contributed by atoms with Crippen LogP contribution in [0.2, 0.25) is 0 Å². The number of aromatic nitrogens is 3. The maximum Gasteiger partial charge on any atom is 0.573 e. The highest BCUT2D eigenvalue weighted by Gasteiger charge is 2.42. The van der Waals surface area contributed by atoms with Gasteiger partial charge in [0, 0.05) is 49.7 Å². The van der Waals surface area contributed by atoms with Crippen molar-refractivity contribution in [3.8, 4) is 5.75 Å². The van der Waals surface area contributed by atoms with Crippen LogP contribution in [0.15, 0.2) is 48.5 Å². The second kappa shape index (κ2) is 8.47. The van der Waals surface area contributed by atoms with Crippen molar-refractivity contribution in [2.24, 2.45) is 11.8 Å². The van der Waals surface area contributed by atoms with Crippen molar-refractivity contribution in [3.05, 3.63) is 59.7 Å². The van der Waals surface area contributed by atoms with E-state index >= 15 is 0 Å². The van der Waals surface area contributed by atoms with E-state index in [0.717, 1.165) is 0 Å². The third kappa shape index (κ3) is 4.59. The SMILES string of the molecule is O=C(C=Cc1ccc(OC(F)(F)F)cc1)N1C[C@H]2CN(C(=O)c3ccc4n[nH]nc4c3)C[C@@H]2C1. The van der Waals surface area contributed by atoms with E-state index in [1.54, 1.807) is 29.2 Å². The van der Waals surface area contributed by atoms with Crippen molar-refractivity contribution < 1.29 is 27.5 Å². The van der Waals surface area contributed by atoms with Gasteiger partial charge >= 0.3 is 6.36 Å². The molecule has 2 aromatic carbocycles. The van der Waals surface area contributed by atoms with Crippen molar-refractivity contribution in [1.29, 1.82) is 0 Å². The Labute approximate surface area is 192 Å². The van der Waals surface area contributed by atoms with Crippen molar-refractivity contribution in [3.63, 3.8) is 0 Å². The maximum absolute atomic E-state index is 12.9. The van der Waals surface area contributed by atoms with E-state index in [1.807, 2.05) is 4.90 Å². The van der Waals surface area contributed by atoms with Gasteiger partial charge in [0.1, 0.15) is 16.8 Å². The molecular formula is C23H20F3N5O3. The van der Waals surface area contributed by atoms with Crippen LogP contribution < -0.4 is 4.74 Å². The summed E-state index contributed by atoms with van der Waals surface area (Å²) in [4.78, 5) is 29.1. The number of alkyl halides is 3. The molecule has 2 aliphatic rings. The first kappa shape index (κ1) is 21.9. The quantitative estimate of drug-likeness (QED) is 0.591. The number of likely N-dealkylation sites (tertiary alicyclic amines) is 2. The zero-order chi connectivity index (χ0) is 23.9. The van der Waals surface area contributed by atoms with Crippen molar-refractivity contribution in [2.75, 3.05) is 26.2 Å². The highest BCUT2D eigenvalue weighted by molar-refractivity contribution is 5.97. The molecule has 8 nitrogen and oxygen atoms in total. The fraction of sp³-hybridized carbons (Fsp3) is 0.304. The van der Waals surface area contributed by atoms with Crippen molar-refractivity contribution in [1.82, 2.24) is 25.2 Å². The predicted molar refractivity (Wildman–Crippen MR) is 116 cm³/mol. The Bertz CT molecular complexity index is 1240. The number of hydrogen-bond donors (Lipinski definition) is 1. The first-order valence-corrected chi connectivity index (χ1v) is 10.7. The minimum absolute atomic E-state index is 0.0602. The molecule has 5 rings (SSSR count). The Hall–Kier alpha value is -3.89. The molecule has 2 saturated heterocycles. The Morgan fingerprint density at radius 1 is 0.941 bits per heavy atom. The van der Waals surface area contributed by atoms with Gasteiger partial charge in [-0.25, -0.2) is 0 Å². The normalized spacial score (nSPS) is 20.3. The average Bonchev–Trinajstić information content (AvgIpc) is 3.51. The predicted octanol–water partition coefficient (Wildman–Crippen LogP) is 3.10. The number of benzene rings is 2. The highest BCUT2D eigenvalue weighted by atomic mass is 19.4. The molecule has 2 amide bonds. The summed E-state index contributed by atoms with van der Waals surface area (Å²) >= 11 is 0. The molecule has 2 atom stereocenters. The maximum atomic E-state index is 12.9. The van der Waals surface area contributed by atoms with Gasteiger partial charge < -0.3 is 14.5 Å². The smallest absolute Gasteiger partial charge is 0.406 e. The van der Waals surface area contributed by atoms with Crippen molar-refractivity contribution >= 4 is 28.9 Å². The number of nitrogens with zero attached hydrogens (tertiary/aromatic N) is 4. The number of carbonyl (C=O) groups is 2. The minimum atomic E-state index is -4.74. The lowest BCUT2D eigenvalue weighted by Crippen LogP contribution is -2.35. The lowest BCUT2D eigenvalue weighted by molar-refractivity contribution is -0.274. The number of carbonyl (C=O) groups excluding carboxylic acids is 2. The number of fused-ring (bicyclic) bond motifs is 2. The Morgan fingerprint density at radius 2 is 1.59 bits per heavy atom. The lowest BCUT2D eigenvalue weighted by Gasteiger charge is -2.21. The molecular weight excluding hydrogens is 451 g/mol. The van der Waals surface area contributed by atoms with Crippen LogP contribution in [0.5, 0.6) is 5.75 Å². The summed E-state index contributed by atoms with van der Waals surface area (Å²) in [6.07, 6.45) is -1.77. The minimum Gasteiger partial charge on any atom is -0.406 e. The number of ether oxygens (including phenoxy) is 1. The van der Waals surface area contributed by atoms with E-state index < -0.39 is 6.36 Å². The van der Waals surface area contributed by atoms with Gasteiger partial charge in [-0.3, -0.25) is 9.59 Å². The third-order valence-electron chi connectivity index (χ3n) is 6.18. The molecule has 0 spiro atoms. The molecule has 0 radical (unpaired) electrons. The fourth-order valence-corrected chi connectivity index (χ4v) is 4.55. The summed E-state index contributed by atoms with van der Waals surface area (Å²) in [5, 5.41) is 10.6. The van der Waals surface area contributed by atoms with Crippen LogP contribution in [0, 0.1) is 11.8 Å². The summed E-state index contributed by atoms with van der Waals surface area (Å²) in [6.45, 7) is 2.26. The number of H-pyrrole nitrogens is 1. The summed E-state index contributed by atoms with van der Waals surface area (Å²) < 4.78 is 40.6. The van der Waals surface area contributed by atoms with Gasteiger partial charge in [-0.2, -0.15) is 15.4 Å². The van der Waals surface area contributed by atoms with Crippen LogP contribution in [0.1, 0.15) is 15.9 Å². The van der Waals surface area contributed by atoms with Crippen LogP contribution >= 0.6 is 0 Å². The van der Waals surface area contributed by atoms with Crippen LogP contribution in [0.4, 0.5) is 13.2 Å². The van der Waals surface area contributed by atoms with E-state index in [-0.39, 0.29) is 29.4 Å². The number of halogens is 3. The summed E-state index contributed by atoms with van der Waals surface area (Å²) in [7, 11) is 0. The number of rotatable bonds is 4. The average molecular weight is 471 g/mol. The second-order valence-corrected chi connectivity index (χ2v) is 8.45. The van der Waals surface area contributed by atoms with Gasteiger partial charge in [-0.15, -0.1) is 13.2 Å². The van der Waals surface area contributed by atoms with Gasteiger partial charge in [-0.05, 0) is 42.0 Å². The molecule has 34 heavy (non-hydrogen) atoms. The van der Waals surface area contributed by atoms with E-state index in [4.69, 9.17) is 0 Å². The van der Waals surface area contributed by atoms with E-state index in [0.29, 0.717) is 48.3 Å². The molecule has 1 N–H and O–H groups in total. The summed E-state index contributed by atoms with van der Waals surface area (Å²) in [5.41, 5.74) is 2.48. The molecule has 2 fully saturated rings. The molecule has 176 valence electrons. The molecule has 0 aliphatic carbocycles. The van der Waals surface area contributed by atoms with Crippen molar-refractivity contribution in [2.45, 2.75) is 6.36 Å². The standard InChI is InChI=1S/C23H20F3N5O3/c24-23(25,26)34-18-5-1-14(2-6-18)3-8-21(32)30-10-16-12-31(13-17(16)11-30)22(33)15-4-7-19-20(9-15)28-29-27-19/h1-9,16-17H,10-13H2,(H,27,28,29)/t16-,17-/m0/s1. The van der Waals surface area contributed by atoms with Gasteiger partial charge in [0.25, 0.3) is 5.91 Å². The number of nitrogens with one attached hydrogen (secondary N) is 1. The third-order valence-corrected chi connectivity index (χ3v) is 6.18. The van der Waals surface area contributed by atoms with E-state index in [2.05, 4.69) is 20.1 Å². The topological polar surface area (TPSA) is 91.4 Å². The Morgan fingerprint density at radius 3 is 2.26 bits per heavy atom. The fourth-order valence-electron chi connectivity index (χ4n) is 4.55. The molecule has 1 aromatic heterocycles. The van der Waals surface area contributed by atoms with Gasteiger partial charge in [0.2, 0.25) is 5.91 Å². The van der Waals surface area contributed by atoms with E-state index in [9.17, 15) is 22.8 Å². The molecule has 11 heteroatoms. The van der Waals surface area contributed by atoms with Gasteiger partial charge in [0.15, 0.2) is 0 Å². The largest absolute Gasteiger partial charge is 0.573 e. The number of amides is 2. The lowest BCUT2D eigenvalue weighted by atomic mass is 10.0.